The molecule has 0 N–H and O–H groups in total. The minimum absolute atomic E-state index is 0.124. The Kier molecular flexibility index (Phi) is 4.79. The summed E-state index contributed by atoms with van der Waals surface area (Å²) < 4.78 is 28.5. The molecule has 0 aliphatic heterocycles. The Bertz CT molecular complexity index is 626. The summed E-state index contributed by atoms with van der Waals surface area (Å²) in [6.45, 7) is 1.97. The Hall–Kier alpha value is -0.260. The van der Waals surface area contributed by atoms with E-state index in [0.717, 1.165) is 21.7 Å². The van der Waals surface area contributed by atoms with Crippen LogP contribution in [-0.4, -0.2) is 0 Å². The first kappa shape index (κ1) is 15.1. The molecule has 2 rings (SSSR count). The largest absolute Gasteiger partial charge is 0.207 e. The van der Waals surface area contributed by atoms with Crippen molar-refractivity contribution in [3.63, 3.8) is 0 Å². The first-order valence-corrected chi connectivity index (χ1v) is 7.95. The maximum atomic E-state index is 13.9. The minimum Gasteiger partial charge on any atom is -0.207 e. The summed E-state index contributed by atoms with van der Waals surface area (Å²) in [6.07, 6.45) is 0. The highest BCUT2D eigenvalue weighted by Gasteiger charge is 2.18. The molecule has 0 aromatic heterocycles. The van der Waals surface area contributed by atoms with E-state index in [1.54, 1.807) is 0 Å². The fourth-order valence-corrected chi connectivity index (χ4v) is 3.03. The molecule has 0 heterocycles. The van der Waals surface area contributed by atoms with Gasteiger partial charge in [0, 0.05) is 10.0 Å². The van der Waals surface area contributed by atoms with Crippen molar-refractivity contribution in [3.8, 4) is 0 Å². The average molecular weight is 455 g/mol. The quantitative estimate of drug-likeness (QED) is 0.370. The molecule has 0 saturated heterocycles. The second-order valence-electron chi connectivity index (χ2n) is 4.16. The normalized spacial score (nSPS) is 12.5. The Morgan fingerprint density at radius 3 is 2.26 bits per heavy atom. The Balaban J connectivity index is 2.46. The molecule has 0 aliphatic rings. The molecular formula is C14H9Br3F2. The summed E-state index contributed by atoms with van der Waals surface area (Å²) in [5, 5.41) is 0. The van der Waals surface area contributed by atoms with Gasteiger partial charge in [-0.25, -0.2) is 8.78 Å². The van der Waals surface area contributed by atoms with Gasteiger partial charge >= 0.3 is 0 Å². The molecule has 0 aliphatic carbocycles. The van der Waals surface area contributed by atoms with Crippen molar-refractivity contribution >= 4 is 47.8 Å². The maximum Gasteiger partial charge on any atom is 0.137 e. The molecule has 0 bridgehead atoms. The van der Waals surface area contributed by atoms with Crippen LogP contribution in [0.15, 0.2) is 39.3 Å². The van der Waals surface area contributed by atoms with Gasteiger partial charge in [0.15, 0.2) is 0 Å². The number of benzene rings is 2. The molecular weight excluding hydrogens is 446 g/mol. The van der Waals surface area contributed by atoms with Gasteiger partial charge in [0.25, 0.3) is 0 Å². The van der Waals surface area contributed by atoms with Crippen LogP contribution in [0.2, 0.25) is 0 Å². The molecule has 0 spiro atoms. The van der Waals surface area contributed by atoms with E-state index >= 15 is 0 Å². The van der Waals surface area contributed by atoms with E-state index in [4.69, 9.17) is 0 Å². The number of hydrogen-bond donors (Lipinski definition) is 0. The molecule has 100 valence electrons. The molecule has 1 atom stereocenters. The van der Waals surface area contributed by atoms with Gasteiger partial charge in [-0.1, -0.05) is 44.0 Å². The third kappa shape index (κ3) is 3.26. The highest BCUT2D eigenvalue weighted by Crippen LogP contribution is 2.36. The first-order valence-electron chi connectivity index (χ1n) is 5.44. The Labute approximate surface area is 135 Å². The van der Waals surface area contributed by atoms with Crippen molar-refractivity contribution in [1.29, 1.82) is 0 Å². The zero-order valence-corrected chi connectivity index (χ0v) is 14.6. The monoisotopic (exact) mass is 452 g/mol. The predicted molar refractivity (Wildman–Crippen MR) is 83.7 cm³/mol. The summed E-state index contributed by atoms with van der Waals surface area (Å²) in [7, 11) is 0. The van der Waals surface area contributed by atoms with Gasteiger partial charge in [-0.05, 0) is 52.2 Å². The van der Waals surface area contributed by atoms with Crippen LogP contribution in [0.1, 0.15) is 21.5 Å². The molecule has 0 radical (unpaired) electrons. The molecule has 0 fully saturated rings. The molecule has 0 saturated carbocycles. The SMILES string of the molecule is Cc1ccc(C(Br)c2cc(F)c(Br)cc2F)cc1Br. The molecule has 1 unspecified atom stereocenters. The van der Waals surface area contributed by atoms with Gasteiger partial charge in [-0.15, -0.1) is 0 Å². The van der Waals surface area contributed by atoms with Crippen LogP contribution in [-0.2, 0) is 0 Å². The second-order valence-corrected chi connectivity index (χ2v) is 6.78. The lowest BCUT2D eigenvalue weighted by Gasteiger charge is -2.13. The second kappa shape index (κ2) is 6.02. The van der Waals surface area contributed by atoms with Crippen molar-refractivity contribution in [2.45, 2.75) is 11.8 Å². The van der Waals surface area contributed by atoms with Gasteiger partial charge in [0.2, 0.25) is 0 Å². The first-order chi connectivity index (χ1) is 8.90. The zero-order valence-electron chi connectivity index (χ0n) is 9.85. The topological polar surface area (TPSA) is 0 Å². The van der Waals surface area contributed by atoms with Crippen LogP contribution >= 0.6 is 47.8 Å². The zero-order chi connectivity index (χ0) is 14.2. The van der Waals surface area contributed by atoms with Crippen molar-refractivity contribution in [1.82, 2.24) is 0 Å². The van der Waals surface area contributed by atoms with Crippen LogP contribution in [0.5, 0.6) is 0 Å². The molecule has 19 heavy (non-hydrogen) atoms. The number of rotatable bonds is 2. The van der Waals surface area contributed by atoms with E-state index in [-0.39, 0.29) is 10.0 Å². The van der Waals surface area contributed by atoms with Crippen molar-refractivity contribution < 1.29 is 8.78 Å². The summed E-state index contributed by atoms with van der Waals surface area (Å²) in [5.41, 5.74) is 2.22. The predicted octanol–water partition coefficient (Wildman–Crippen LogP) is 6.28. The molecule has 0 nitrogen and oxygen atoms in total. The van der Waals surface area contributed by atoms with Gasteiger partial charge in [-0.2, -0.15) is 0 Å². The van der Waals surface area contributed by atoms with Gasteiger partial charge in [0.05, 0.1) is 9.30 Å². The van der Waals surface area contributed by atoms with E-state index in [0.29, 0.717) is 0 Å². The van der Waals surface area contributed by atoms with Crippen molar-refractivity contribution in [2.75, 3.05) is 0 Å². The minimum atomic E-state index is -0.480. The lowest BCUT2D eigenvalue weighted by Crippen LogP contribution is -1.99. The fourth-order valence-electron chi connectivity index (χ4n) is 1.68. The number of halogens is 5. The highest BCUT2D eigenvalue weighted by atomic mass is 79.9. The van der Waals surface area contributed by atoms with Crippen LogP contribution < -0.4 is 0 Å². The number of hydrogen-bond acceptors (Lipinski definition) is 0. The fraction of sp³-hybridized carbons (Fsp3) is 0.143. The molecule has 0 amide bonds. The molecule has 5 heteroatoms. The standard InChI is InChI=1S/C14H9Br3F2/c1-7-2-3-8(4-10(7)15)14(17)9-5-13(19)11(16)6-12(9)18/h2-6,14H,1H3. The van der Waals surface area contributed by atoms with Crippen LogP contribution in [0, 0.1) is 18.6 Å². The molecule has 2 aromatic rings. The Morgan fingerprint density at radius 1 is 0.947 bits per heavy atom. The van der Waals surface area contributed by atoms with E-state index in [2.05, 4.69) is 47.8 Å². The van der Waals surface area contributed by atoms with Gasteiger partial charge < -0.3 is 0 Å². The third-order valence-electron chi connectivity index (χ3n) is 2.80. The van der Waals surface area contributed by atoms with Crippen molar-refractivity contribution in [2.24, 2.45) is 0 Å². The lowest BCUT2D eigenvalue weighted by atomic mass is 10.0. The van der Waals surface area contributed by atoms with Crippen LogP contribution in [0.3, 0.4) is 0 Å². The highest BCUT2D eigenvalue weighted by molar-refractivity contribution is 9.11. The lowest BCUT2D eigenvalue weighted by molar-refractivity contribution is 0.583. The third-order valence-corrected chi connectivity index (χ3v) is 5.29. The van der Waals surface area contributed by atoms with E-state index in [9.17, 15) is 8.78 Å². The summed E-state index contributed by atoms with van der Waals surface area (Å²) in [6, 6.07) is 8.06. The number of alkyl halides is 1. The van der Waals surface area contributed by atoms with Crippen molar-refractivity contribution in [3.05, 3.63) is 67.6 Å². The van der Waals surface area contributed by atoms with Gasteiger partial charge in [-0.3, -0.25) is 0 Å². The summed E-state index contributed by atoms with van der Waals surface area (Å²) in [5.74, 6) is -0.932. The molecule has 2 aromatic carbocycles. The van der Waals surface area contributed by atoms with Gasteiger partial charge in [0.1, 0.15) is 11.6 Å². The number of aryl methyl sites for hydroxylation is 1. The Morgan fingerprint density at radius 2 is 1.63 bits per heavy atom. The van der Waals surface area contributed by atoms with E-state index < -0.39 is 16.5 Å². The maximum absolute atomic E-state index is 13.9. The van der Waals surface area contributed by atoms with Crippen LogP contribution in [0.4, 0.5) is 8.78 Å². The smallest absolute Gasteiger partial charge is 0.137 e. The summed E-state index contributed by atoms with van der Waals surface area (Å²) in [4.78, 5) is -0.396. The summed E-state index contributed by atoms with van der Waals surface area (Å²) >= 11 is 9.82. The van der Waals surface area contributed by atoms with E-state index in [1.165, 1.54) is 6.07 Å². The van der Waals surface area contributed by atoms with Crippen LogP contribution in [0.25, 0.3) is 0 Å². The van der Waals surface area contributed by atoms with E-state index in [1.807, 2.05) is 25.1 Å². The average Bonchev–Trinajstić information content (AvgIpc) is 2.36.